The summed E-state index contributed by atoms with van der Waals surface area (Å²) in [6.45, 7) is 5.50. The summed E-state index contributed by atoms with van der Waals surface area (Å²) in [5.74, 6) is -0.330. The molecule has 0 aliphatic rings. The molecular weight excluding hydrogens is 324 g/mol. The number of hydrogen-bond acceptors (Lipinski definition) is 3. The van der Waals surface area contributed by atoms with Gasteiger partial charge in [0.2, 0.25) is 15.9 Å². The van der Waals surface area contributed by atoms with Gasteiger partial charge in [-0.3, -0.25) is 9.10 Å². The molecule has 0 spiro atoms. The van der Waals surface area contributed by atoms with Gasteiger partial charge in [-0.2, -0.15) is 0 Å². The molecular formula is C15H23ClN2O3S. The predicted molar refractivity (Wildman–Crippen MR) is 90.9 cm³/mol. The van der Waals surface area contributed by atoms with Crippen LogP contribution in [-0.2, 0) is 14.8 Å². The van der Waals surface area contributed by atoms with Crippen molar-refractivity contribution in [2.24, 2.45) is 0 Å². The second-order valence-corrected chi connectivity index (χ2v) is 7.77. The molecule has 1 aromatic rings. The Hall–Kier alpha value is -1.27. The van der Waals surface area contributed by atoms with E-state index in [0.29, 0.717) is 10.7 Å². The molecule has 1 aromatic carbocycles. The summed E-state index contributed by atoms with van der Waals surface area (Å²) in [5, 5.41) is 3.26. The number of anilines is 1. The lowest BCUT2D eigenvalue weighted by molar-refractivity contribution is -0.120. The van der Waals surface area contributed by atoms with Crippen LogP contribution in [0.25, 0.3) is 0 Å². The maximum Gasteiger partial charge on any atom is 0.240 e. The topological polar surface area (TPSA) is 66.5 Å². The van der Waals surface area contributed by atoms with Gasteiger partial charge >= 0.3 is 0 Å². The fraction of sp³-hybridized carbons (Fsp3) is 0.533. The van der Waals surface area contributed by atoms with Crippen LogP contribution in [0.4, 0.5) is 5.69 Å². The van der Waals surface area contributed by atoms with Crippen LogP contribution in [0.15, 0.2) is 18.2 Å². The van der Waals surface area contributed by atoms with E-state index in [1.165, 1.54) is 0 Å². The number of carbonyl (C=O) groups excluding carboxylic acids is 1. The van der Waals surface area contributed by atoms with Crippen LogP contribution < -0.4 is 9.62 Å². The molecule has 0 fully saturated rings. The number of carbonyl (C=O) groups is 1. The first-order valence-electron chi connectivity index (χ1n) is 7.18. The molecule has 7 heteroatoms. The normalized spacial score (nSPS) is 12.8. The van der Waals surface area contributed by atoms with Crippen molar-refractivity contribution in [3.05, 3.63) is 28.8 Å². The third-order valence-electron chi connectivity index (χ3n) is 3.26. The lowest BCUT2D eigenvalue weighted by Gasteiger charge is -2.23. The Morgan fingerprint density at radius 2 is 2.05 bits per heavy atom. The summed E-state index contributed by atoms with van der Waals surface area (Å²) in [4.78, 5) is 12.1. The number of rotatable bonds is 7. The van der Waals surface area contributed by atoms with Gasteiger partial charge in [0.25, 0.3) is 0 Å². The second-order valence-electron chi connectivity index (χ2n) is 5.46. The standard InChI is InChI=1S/C15H23ClN2O3S/c1-5-6-12(3)17-15(19)10-18(22(4,20)21)13-8-7-11(2)14(16)9-13/h7-9,12H,5-6,10H2,1-4H3,(H,17,19)/t12-/m1/s1. The van der Waals surface area contributed by atoms with Crippen LogP contribution >= 0.6 is 11.6 Å². The number of amides is 1. The number of halogens is 1. The van der Waals surface area contributed by atoms with Crippen LogP contribution in [0.5, 0.6) is 0 Å². The summed E-state index contributed by atoms with van der Waals surface area (Å²) < 4.78 is 25.0. The smallest absolute Gasteiger partial charge is 0.240 e. The molecule has 0 aliphatic heterocycles. The fourth-order valence-electron chi connectivity index (χ4n) is 2.09. The molecule has 1 rings (SSSR count). The van der Waals surface area contributed by atoms with E-state index in [4.69, 9.17) is 11.6 Å². The molecule has 5 nitrogen and oxygen atoms in total. The molecule has 0 saturated heterocycles. The van der Waals surface area contributed by atoms with Crippen molar-refractivity contribution in [2.45, 2.75) is 39.7 Å². The summed E-state index contributed by atoms with van der Waals surface area (Å²) >= 11 is 6.05. The van der Waals surface area contributed by atoms with Crippen molar-refractivity contribution >= 4 is 33.2 Å². The number of benzene rings is 1. The quantitative estimate of drug-likeness (QED) is 0.825. The number of sulfonamides is 1. The molecule has 124 valence electrons. The average Bonchev–Trinajstić information content (AvgIpc) is 2.38. The lowest BCUT2D eigenvalue weighted by atomic mass is 10.2. The lowest BCUT2D eigenvalue weighted by Crippen LogP contribution is -2.43. The molecule has 0 saturated carbocycles. The highest BCUT2D eigenvalue weighted by atomic mass is 35.5. The molecule has 1 amide bonds. The van der Waals surface area contributed by atoms with Crippen molar-refractivity contribution in [1.29, 1.82) is 0 Å². The van der Waals surface area contributed by atoms with E-state index in [2.05, 4.69) is 5.32 Å². The predicted octanol–water partition coefficient (Wildman–Crippen LogP) is 2.72. The van der Waals surface area contributed by atoms with Crippen molar-refractivity contribution < 1.29 is 13.2 Å². The first-order valence-corrected chi connectivity index (χ1v) is 9.41. The Bertz CT molecular complexity index is 632. The largest absolute Gasteiger partial charge is 0.352 e. The number of nitrogens with one attached hydrogen (secondary N) is 1. The summed E-state index contributed by atoms with van der Waals surface area (Å²) in [6.07, 6.45) is 2.87. The molecule has 0 aliphatic carbocycles. The van der Waals surface area contributed by atoms with E-state index in [1.807, 2.05) is 20.8 Å². The SMILES string of the molecule is CCC[C@@H](C)NC(=O)CN(c1ccc(C)c(Cl)c1)S(C)(=O)=O. The highest BCUT2D eigenvalue weighted by molar-refractivity contribution is 7.92. The molecule has 0 bridgehead atoms. The summed E-state index contributed by atoms with van der Waals surface area (Å²) in [5.41, 5.74) is 1.23. The van der Waals surface area contributed by atoms with E-state index >= 15 is 0 Å². The van der Waals surface area contributed by atoms with Gasteiger partial charge in [-0.05, 0) is 38.0 Å². The first kappa shape index (κ1) is 18.8. The Morgan fingerprint density at radius 3 is 2.55 bits per heavy atom. The van der Waals surface area contributed by atoms with E-state index in [0.717, 1.165) is 29.0 Å². The number of hydrogen-bond donors (Lipinski definition) is 1. The van der Waals surface area contributed by atoms with Gasteiger partial charge in [0.1, 0.15) is 6.54 Å². The number of aryl methyl sites for hydroxylation is 1. The molecule has 1 atom stereocenters. The van der Waals surface area contributed by atoms with Crippen molar-refractivity contribution in [3.8, 4) is 0 Å². The van der Waals surface area contributed by atoms with Crippen LogP contribution in [-0.4, -0.2) is 33.2 Å². The van der Waals surface area contributed by atoms with E-state index in [1.54, 1.807) is 18.2 Å². The minimum Gasteiger partial charge on any atom is -0.352 e. The number of nitrogens with zero attached hydrogens (tertiary/aromatic N) is 1. The molecule has 0 unspecified atom stereocenters. The maximum atomic E-state index is 12.1. The van der Waals surface area contributed by atoms with Gasteiger partial charge in [-0.1, -0.05) is 31.0 Å². The molecule has 0 aromatic heterocycles. The van der Waals surface area contributed by atoms with Crippen LogP contribution in [0.1, 0.15) is 32.3 Å². The third-order valence-corrected chi connectivity index (χ3v) is 4.81. The van der Waals surface area contributed by atoms with Gasteiger partial charge in [0, 0.05) is 11.1 Å². The first-order chi connectivity index (χ1) is 10.1. The highest BCUT2D eigenvalue weighted by Gasteiger charge is 2.22. The summed E-state index contributed by atoms with van der Waals surface area (Å²) in [6, 6.07) is 4.94. The zero-order valence-corrected chi connectivity index (χ0v) is 15.0. The van der Waals surface area contributed by atoms with Crippen molar-refractivity contribution in [3.63, 3.8) is 0 Å². The Kier molecular flexibility index (Phi) is 6.68. The van der Waals surface area contributed by atoms with Gasteiger partial charge < -0.3 is 5.32 Å². The minimum absolute atomic E-state index is 0.0144. The van der Waals surface area contributed by atoms with Crippen LogP contribution in [0, 0.1) is 6.92 Å². The molecule has 22 heavy (non-hydrogen) atoms. The van der Waals surface area contributed by atoms with Gasteiger partial charge in [-0.15, -0.1) is 0 Å². The minimum atomic E-state index is -3.58. The zero-order valence-electron chi connectivity index (χ0n) is 13.4. The van der Waals surface area contributed by atoms with Crippen LogP contribution in [0.2, 0.25) is 5.02 Å². The van der Waals surface area contributed by atoms with Crippen LogP contribution in [0.3, 0.4) is 0 Å². The zero-order chi connectivity index (χ0) is 16.9. The second kappa shape index (κ2) is 7.83. The van der Waals surface area contributed by atoms with Gasteiger partial charge in [0.15, 0.2) is 0 Å². The van der Waals surface area contributed by atoms with Gasteiger partial charge in [0.05, 0.1) is 11.9 Å². The fourth-order valence-corrected chi connectivity index (χ4v) is 3.12. The molecule has 1 N–H and O–H groups in total. The van der Waals surface area contributed by atoms with Crippen molar-refractivity contribution in [2.75, 3.05) is 17.1 Å². The van der Waals surface area contributed by atoms with Crippen molar-refractivity contribution in [1.82, 2.24) is 5.32 Å². The molecule has 0 radical (unpaired) electrons. The van der Waals surface area contributed by atoms with Gasteiger partial charge in [-0.25, -0.2) is 8.42 Å². The van der Waals surface area contributed by atoms with E-state index in [9.17, 15) is 13.2 Å². The third kappa shape index (κ3) is 5.50. The highest BCUT2D eigenvalue weighted by Crippen LogP contribution is 2.24. The Morgan fingerprint density at radius 1 is 1.41 bits per heavy atom. The maximum absolute atomic E-state index is 12.1. The average molecular weight is 347 g/mol. The summed E-state index contributed by atoms with van der Waals surface area (Å²) in [7, 11) is -3.58. The molecule has 0 heterocycles. The Balaban J connectivity index is 2.95. The Labute approximate surface area is 137 Å². The monoisotopic (exact) mass is 346 g/mol. The van der Waals surface area contributed by atoms with E-state index < -0.39 is 10.0 Å². The van der Waals surface area contributed by atoms with E-state index in [-0.39, 0.29) is 18.5 Å².